The zero-order valence-corrected chi connectivity index (χ0v) is 18.7. The number of nitrogens with two attached hydrogens (primary N) is 1. The van der Waals surface area contributed by atoms with Crippen molar-refractivity contribution in [1.82, 2.24) is 4.98 Å². The molecule has 0 unspecified atom stereocenters. The van der Waals surface area contributed by atoms with E-state index in [9.17, 15) is 9.59 Å². The number of benzene rings is 2. The summed E-state index contributed by atoms with van der Waals surface area (Å²) in [7, 11) is 1.65. The second-order valence-electron chi connectivity index (χ2n) is 8.24. The smallest absolute Gasteiger partial charge is 0.404 e. The van der Waals surface area contributed by atoms with E-state index < -0.39 is 11.5 Å². The number of hydrogen-bond donors (Lipinski definition) is 2. The number of thiophene rings is 1. The Morgan fingerprint density at radius 3 is 2.48 bits per heavy atom. The predicted molar refractivity (Wildman–Crippen MR) is 125 cm³/mol. The lowest BCUT2D eigenvalue weighted by Crippen LogP contribution is -2.28. The number of aromatic amines is 1. The van der Waals surface area contributed by atoms with Crippen molar-refractivity contribution in [3.05, 3.63) is 62.6 Å². The van der Waals surface area contributed by atoms with Crippen molar-refractivity contribution in [2.24, 2.45) is 5.73 Å². The Morgan fingerprint density at radius 2 is 1.84 bits per heavy atom. The van der Waals surface area contributed by atoms with E-state index in [1.165, 1.54) is 11.3 Å². The first-order valence-corrected chi connectivity index (χ1v) is 10.8. The number of pyridine rings is 1. The maximum Gasteiger partial charge on any atom is 0.404 e. The number of methoxy groups -OCH3 is 1. The van der Waals surface area contributed by atoms with Crippen LogP contribution < -0.4 is 16.0 Å². The van der Waals surface area contributed by atoms with E-state index in [4.69, 9.17) is 15.2 Å². The number of fused-ring (bicyclic) bond motifs is 3. The number of rotatable bonds is 5. The summed E-state index contributed by atoms with van der Waals surface area (Å²) in [6.45, 7) is 6.14. The van der Waals surface area contributed by atoms with Crippen molar-refractivity contribution < 1.29 is 14.3 Å². The third kappa shape index (κ3) is 3.65. The fraction of sp³-hybridized carbons (Fsp3) is 0.250. The van der Waals surface area contributed by atoms with Gasteiger partial charge in [0.05, 0.1) is 18.0 Å². The molecular weight excluding hydrogens is 412 g/mol. The Balaban J connectivity index is 1.92. The lowest BCUT2D eigenvalue weighted by Gasteiger charge is -2.25. The average molecular weight is 437 g/mol. The summed E-state index contributed by atoms with van der Waals surface area (Å²) in [5.74, 6) is 0.744. The van der Waals surface area contributed by atoms with Gasteiger partial charge in [0.1, 0.15) is 12.4 Å². The van der Waals surface area contributed by atoms with E-state index >= 15 is 0 Å². The average Bonchev–Trinajstić information content (AvgIpc) is 3.24. The van der Waals surface area contributed by atoms with Crippen molar-refractivity contribution in [1.29, 1.82) is 0 Å². The van der Waals surface area contributed by atoms with E-state index in [-0.39, 0.29) is 12.2 Å². The van der Waals surface area contributed by atoms with Gasteiger partial charge in [-0.2, -0.15) is 11.3 Å². The van der Waals surface area contributed by atoms with Gasteiger partial charge in [-0.3, -0.25) is 4.79 Å². The highest BCUT2D eigenvalue weighted by atomic mass is 32.1. The van der Waals surface area contributed by atoms with Crippen LogP contribution in [-0.2, 0) is 10.2 Å². The summed E-state index contributed by atoms with van der Waals surface area (Å²) in [5, 5.41) is 6.44. The third-order valence-electron chi connectivity index (χ3n) is 5.65. The summed E-state index contributed by atoms with van der Waals surface area (Å²) < 4.78 is 10.8. The quantitative estimate of drug-likeness (QED) is 0.455. The van der Waals surface area contributed by atoms with E-state index in [2.05, 4.69) is 4.98 Å². The van der Waals surface area contributed by atoms with Crippen LogP contribution in [0.4, 0.5) is 4.79 Å². The number of aromatic nitrogens is 1. The minimum Gasteiger partial charge on any atom is -0.496 e. The van der Waals surface area contributed by atoms with Gasteiger partial charge in [-0.1, -0.05) is 38.1 Å². The third-order valence-corrected chi connectivity index (χ3v) is 6.40. The lowest BCUT2D eigenvalue weighted by atomic mass is 9.84. The summed E-state index contributed by atoms with van der Waals surface area (Å²) in [6.07, 6.45) is -0.783. The van der Waals surface area contributed by atoms with Gasteiger partial charge in [0.2, 0.25) is 0 Å². The number of primary amides is 1. The fourth-order valence-corrected chi connectivity index (χ4v) is 4.75. The Kier molecular flexibility index (Phi) is 5.23. The number of amides is 1. The zero-order chi connectivity index (χ0) is 22.3. The maximum atomic E-state index is 12.5. The van der Waals surface area contributed by atoms with Crippen LogP contribution in [0, 0.1) is 6.92 Å². The van der Waals surface area contributed by atoms with Gasteiger partial charge < -0.3 is 20.2 Å². The molecule has 0 aliphatic rings. The Labute approximate surface area is 183 Å². The highest BCUT2D eigenvalue weighted by Crippen LogP contribution is 2.42. The standard InChI is InChI=1S/C24H24N2O4S/c1-13-9-18(29-4)19(20-16-10-31-11-17(16)22(27)26-21(13)20)14-5-7-15(8-6-14)24(2,3)12-30-23(25)28/h5-11H,12H2,1-4H3,(H2,25,28)(H,26,27). The molecule has 31 heavy (non-hydrogen) atoms. The van der Waals surface area contributed by atoms with E-state index in [1.54, 1.807) is 7.11 Å². The Morgan fingerprint density at radius 1 is 1.16 bits per heavy atom. The Hall–Kier alpha value is -3.32. The van der Waals surface area contributed by atoms with Crippen molar-refractivity contribution in [2.45, 2.75) is 26.2 Å². The molecule has 0 aliphatic heterocycles. The second-order valence-corrected chi connectivity index (χ2v) is 8.99. The molecule has 4 aromatic rings. The van der Waals surface area contributed by atoms with Crippen molar-refractivity contribution >= 4 is 39.1 Å². The first kappa shape index (κ1) is 20.9. The van der Waals surface area contributed by atoms with Crippen LogP contribution in [0.2, 0.25) is 0 Å². The van der Waals surface area contributed by atoms with Crippen molar-refractivity contribution in [3.8, 4) is 16.9 Å². The topological polar surface area (TPSA) is 94.4 Å². The monoisotopic (exact) mass is 436 g/mol. The summed E-state index contributed by atoms with van der Waals surface area (Å²) in [4.78, 5) is 26.6. The first-order valence-electron chi connectivity index (χ1n) is 9.85. The van der Waals surface area contributed by atoms with Crippen LogP contribution in [0.3, 0.4) is 0 Å². The summed E-state index contributed by atoms with van der Waals surface area (Å²) in [6, 6.07) is 10.0. The molecule has 0 fully saturated rings. The number of hydrogen-bond acceptors (Lipinski definition) is 5. The number of ether oxygens (including phenoxy) is 2. The lowest BCUT2D eigenvalue weighted by molar-refractivity contribution is 0.133. The van der Waals surface area contributed by atoms with Crippen LogP contribution in [0.1, 0.15) is 25.0 Å². The number of carbonyl (C=O) groups is 1. The number of nitrogens with one attached hydrogen (secondary N) is 1. The van der Waals surface area contributed by atoms with Gasteiger partial charge in [0.25, 0.3) is 5.56 Å². The molecule has 7 heteroatoms. The normalized spacial score (nSPS) is 11.7. The molecular formula is C24H24N2O4S. The van der Waals surface area contributed by atoms with Gasteiger partial charge in [0.15, 0.2) is 0 Å². The van der Waals surface area contributed by atoms with E-state index in [1.807, 2.05) is 61.9 Å². The Bertz CT molecular complexity index is 1350. The largest absolute Gasteiger partial charge is 0.496 e. The van der Waals surface area contributed by atoms with Gasteiger partial charge in [-0.25, -0.2) is 4.79 Å². The minimum absolute atomic E-state index is 0.0884. The highest BCUT2D eigenvalue weighted by Gasteiger charge is 2.23. The van der Waals surface area contributed by atoms with Gasteiger partial charge in [-0.05, 0) is 35.1 Å². The molecule has 0 bridgehead atoms. The molecule has 2 aromatic carbocycles. The van der Waals surface area contributed by atoms with Gasteiger partial charge in [0, 0.05) is 27.1 Å². The second kappa shape index (κ2) is 7.74. The molecule has 0 saturated carbocycles. The molecule has 6 nitrogen and oxygen atoms in total. The molecule has 2 aromatic heterocycles. The van der Waals surface area contributed by atoms with Crippen LogP contribution >= 0.6 is 11.3 Å². The van der Waals surface area contributed by atoms with Crippen LogP contribution in [0.25, 0.3) is 32.8 Å². The van der Waals surface area contributed by atoms with Crippen LogP contribution in [0.5, 0.6) is 5.75 Å². The highest BCUT2D eigenvalue weighted by molar-refractivity contribution is 7.09. The molecule has 0 aliphatic carbocycles. The van der Waals surface area contributed by atoms with Gasteiger partial charge in [-0.15, -0.1) is 0 Å². The summed E-state index contributed by atoms with van der Waals surface area (Å²) >= 11 is 1.51. The summed E-state index contributed by atoms with van der Waals surface area (Å²) in [5.41, 5.74) is 9.32. The van der Waals surface area contributed by atoms with Crippen LogP contribution in [-0.4, -0.2) is 24.8 Å². The molecule has 0 spiro atoms. The number of H-pyrrole nitrogens is 1. The number of carbonyl (C=O) groups excluding carboxylic acids is 1. The zero-order valence-electron chi connectivity index (χ0n) is 17.9. The SMILES string of the molecule is COc1cc(C)c2[nH]c(=O)c3cscc3c2c1-c1ccc(C(C)(C)COC(N)=O)cc1. The van der Waals surface area contributed by atoms with Gasteiger partial charge >= 0.3 is 6.09 Å². The predicted octanol–water partition coefficient (Wildman–Crippen LogP) is 5.10. The maximum absolute atomic E-state index is 12.5. The molecule has 3 N–H and O–H groups in total. The molecule has 0 atom stereocenters. The number of aryl methyl sites for hydroxylation is 1. The fourth-order valence-electron chi connectivity index (χ4n) is 3.93. The molecule has 0 radical (unpaired) electrons. The minimum atomic E-state index is -0.783. The van der Waals surface area contributed by atoms with Crippen molar-refractivity contribution in [3.63, 3.8) is 0 Å². The molecule has 4 rings (SSSR count). The molecule has 1 amide bonds. The van der Waals surface area contributed by atoms with Crippen molar-refractivity contribution in [2.75, 3.05) is 13.7 Å². The molecule has 0 saturated heterocycles. The first-order chi connectivity index (χ1) is 14.7. The van der Waals surface area contributed by atoms with Crippen LogP contribution in [0.15, 0.2) is 45.9 Å². The molecule has 2 heterocycles. The molecule has 160 valence electrons. The van der Waals surface area contributed by atoms with E-state index in [0.717, 1.165) is 44.3 Å². The van der Waals surface area contributed by atoms with E-state index in [0.29, 0.717) is 5.39 Å².